The molecule has 0 aliphatic rings. The number of methoxy groups -OCH3 is 1. The van der Waals surface area contributed by atoms with Crippen molar-refractivity contribution in [3.8, 4) is 5.75 Å². The Morgan fingerprint density at radius 2 is 2.11 bits per heavy atom. The van der Waals surface area contributed by atoms with E-state index >= 15 is 0 Å². The summed E-state index contributed by atoms with van der Waals surface area (Å²) in [5.41, 5.74) is 6.05. The quantitative estimate of drug-likeness (QED) is 0.858. The fourth-order valence-electron chi connectivity index (χ4n) is 1.71. The van der Waals surface area contributed by atoms with Gasteiger partial charge in [-0.15, -0.1) is 0 Å². The highest BCUT2D eigenvalue weighted by molar-refractivity contribution is 5.91. The number of nitrogens with zero attached hydrogens (tertiary/aromatic N) is 1. The molecule has 0 aliphatic heterocycles. The first-order valence-electron chi connectivity index (χ1n) is 6.36. The number of carbonyl (C=O) groups excluding carboxylic acids is 1. The molecule has 0 fully saturated rings. The van der Waals surface area contributed by atoms with Crippen molar-refractivity contribution in [2.45, 2.75) is 25.8 Å². The van der Waals surface area contributed by atoms with Crippen molar-refractivity contribution in [1.29, 1.82) is 0 Å². The average molecular weight is 265 g/mol. The molecule has 1 unspecified atom stereocenters. The minimum Gasteiger partial charge on any atom is -0.495 e. The number of benzene rings is 1. The summed E-state index contributed by atoms with van der Waals surface area (Å²) >= 11 is 0. The Morgan fingerprint density at radius 1 is 1.47 bits per heavy atom. The van der Waals surface area contributed by atoms with E-state index in [1.54, 1.807) is 31.2 Å². The van der Waals surface area contributed by atoms with Gasteiger partial charge >= 0.3 is 6.03 Å². The van der Waals surface area contributed by atoms with Crippen molar-refractivity contribution < 1.29 is 9.53 Å². The lowest BCUT2D eigenvalue weighted by atomic mass is 9.97. The number of para-hydroxylation sites is 2. The summed E-state index contributed by atoms with van der Waals surface area (Å²) in [5.74, 6) is 0.634. The van der Waals surface area contributed by atoms with Crippen molar-refractivity contribution in [1.82, 2.24) is 4.90 Å². The second-order valence-corrected chi connectivity index (χ2v) is 4.74. The summed E-state index contributed by atoms with van der Waals surface area (Å²) in [6.45, 7) is 4.40. The monoisotopic (exact) mass is 265 g/mol. The first-order valence-corrected chi connectivity index (χ1v) is 6.36. The standard InChI is InChI=1S/C14H23N3O2/c1-5-14(2,10-15)17(3)13(18)16-11-8-6-7-9-12(11)19-4/h6-9H,5,10,15H2,1-4H3,(H,16,18). The average Bonchev–Trinajstić information content (AvgIpc) is 2.46. The summed E-state index contributed by atoms with van der Waals surface area (Å²) in [7, 11) is 3.33. The van der Waals surface area contributed by atoms with Gasteiger partial charge in [0.15, 0.2) is 0 Å². The summed E-state index contributed by atoms with van der Waals surface area (Å²) in [6, 6.07) is 7.11. The molecule has 1 rings (SSSR count). The third-order valence-corrected chi connectivity index (χ3v) is 3.66. The molecule has 0 bridgehead atoms. The van der Waals surface area contributed by atoms with Gasteiger partial charge < -0.3 is 20.7 Å². The number of amides is 2. The van der Waals surface area contributed by atoms with Crippen molar-refractivity contribution in [3.05, 3.63) is 24.3 Å². The molecule has 0 aliphatic carbocycles. The van der Waals surface area contributed by atoms with Gasteiger partial charge in [0.25, 0.3) is 0 Å². The van der Waals surface area contributed by atoms with Crippen LogP contribution >= 0.6 is 0 Å². The first-order chi connectivity index (χ1) is 8.98. The number of hydrogen-bond acceptors (Lipinski definition) is 3. The fraction of sp³-hybridized carbons (Fsp3) is 0.500. The molecule has 0 spiro atoms. The molecule has 0 saturated heterocycles. The van der Waals surface area contributed by atoms with Crippen LogP contribution in [0, 0.1) is 0 Å². The van der Waals surface area contributed by atoms with Crippen LogP contribution in [0.1, 0.15) is 20.3 Å². The van der Waals surface area contributed by atoms with Gasteiger partial charge in [-0.3, -0.25) is 0 Å². The summed E-state index contributed by atoms with van der Waals surface area (Å²) < 4.78 is 5.21. The fourth-order valence-corrected chi connectivity index (χ4v) is 1.71. The Balaban J connectivity index is 2.85. The van der Waals surface area contributed by atoms with Gasteiger partial charge in [0.1, 0.15) is 5.75 Å². The molecule has 5 nitrogen and oxygen atoms in total. The molecule has 1 aromatic carbocycles. The largest absolute Gasteiger partial charge is 0.495 e. The topological polar surface area (TPSA) is 67.6 Å². The number of nitrogens with two attached hydrogens (primary N) is 1. The minimum atomic E-state index is -0.355. The lowest BCUT2D eigenvalue weighted by Gasteiger charge is -2.37. The zero-order valence-electron chi connectivity index (χ0n) is 12.1. The normalized spacial score (nSPS) is 13.5. The molecule has 0 aromatic heterocycles. The van der Waals surface area contributed by atoms with Gasteiger partial charge in [-0.1, -0.05) is 19.1 Å². The summed E-state index contributed by atoms with van der Waals surface area (Å²) in [4.78, 5) is 13.9. The number of rotatable bonds is 5. The van der Waals surface area contributed by atoms with Gasteiger partial charge in [-0.05, 0) is 25.5 Å². The van der Waals surface area contributed by atoms with E-state index < -0.39 is 0 Å². The van der Waals surface area contributed by atoms with Crippen LogP contribution in [0.15, 0.2) is 24.3 Å². The zero-order valence-corrected chi connectivity index (χ0v) is 12.1. The highest BCUT2D eigenvalue weighted by Crippen LogP contribution is 2.24. The molecule has 0 heterocycles. The van der Waals surface area contributed by atoms with Crippen LogP contribution in [-0.4, -0.2) is 37.2 Å². The van der Waals surface area contributed by atoms with E-state index in [0.717, 1.165) is 6.42 Å². The lowest BCUT2D eigenvalue weighted by Crippen LogP contribution is -2.53. The van der Waals surface area contributed by atoms with E-state index in [0.29, 0.717) is 18.0 Å². The van der Waals surface area contributed by atoms with E-state index in [-0.39, 0.29) is 11.6 Å². The molecule has 106 valence electrons. The smallest absolute Gasteiger partial charge is 0.322 e. The van der Waals surface area contributed by atoms with Crippen LogP contribution in [0.3, 0.4) is 0 Å². The number of hydrogen-bond donors (Lipinski definition) is 2. The lowest BCUT2D eigenvalue weighted by molar-refractivity contribution is 0.157. The Kier molecular flexibility index (Phi) is 5.18. The third kappa shape index (κ3) is 3.38. The Bertz CT molecular complexity index is 430. The second-order valence-electron chi connectivity index (χ2n) is 4.74. The first kappa shape index (κ1) is 15.3. The van der Waals surface area contributed by atoms with Crippen molar-refractivity contribution in [2.24, 2.45) is 5.73 Å². The van der Waals surface area contributed by atoms with Gasteiger partial charge in [-0.2, -0.15) is 0 Å². The maximum absolute atomic E-state index is 12.2. The summed E-state index contributed by atoms with van der Waals surface area (Å²) in [6.07, 6.45) is 0.791. The van der Waals surface area contributed by atoms with Crippen LogP contribution in [0.4, 0.5) is 10.5 Å². The van der Waals surface area contributed by atoms with Gasteiger partial charge in [-0.25, -0.2) is 4.79 Å². The van der Waals surface area contributed by atoms with E-state index in [1.807, 2.05) is 26.0 Å². The number of nitrogens with one attached hydrogen (secondary N) is 1. The van der Waals surface area contributed by atoms with E-state index in [9.17, 15) is 4.79 Å². The number of carbonyl (C=O) groups is 1. The Labute approximate surface area is 114 Å². The van der Waals surface area contributed by atoms with Crippen molar-refractivity contribution in [3.63, 3.8) is 0 Å². The predicted octanol–water partition coefficient (Wildman–Crippen LogP) is 2.29. The Hall–Kier alpha value is -1.75. The number of ether oxygens (including phenoxy) is 1. The number of anilines is 1. The van der Waals surface area contributed by atoms with Crippen molar-refractivity contribution in [2.75, 3.05) is 26.0 Å². The molecular weight excluding hydrogens is 242 g/mol. The highest BCUT2D eigenvalue weighted by Gasteiger charge is 2.29. The molecule has 1 atom stereocenters. The van der Waals surface area contributed by atoms with Crippen LogP contribution in [0.5, 0.6) is 5.75 Å². The van der Waals surface area contributed by atoms with E-state index in [2.05, 4.69) is 5.32 Å². The van der Waals surface area contributed by atoms with E-state index in [1.165, 1.54) is 0 Å². The molecule has 0 radical (unpaired) electrons. The maximum atomic E-state index is 12.2. The maximum Gasteiger partial charge on any atom is 0.322 e. The molecule has 1 aromatic rings. The SMILES string of the molecule is CCC(C)(CN)N(C)C(=O)Nc1ccccc1OC. The van der Waals surface area contributed by atoms with Gasteiger partial charge in [0, 0.05) is 13.6 Å². The Morgan fingerprint density at radius 3 is 2.63 bits per heavy atom. The van der Waals surface area contributed by atoms with Gasteiger partial charge in [0.05, 0.1) is 18.3 Å². The van der Waals surface area contributed by atoms with Crippen molar-refractivity contribution >= 4 is 11.7 Å². The van der Waals surface area contributed by atoms with Crippen LogP contribution < -0.4 is 15.8 Å². The second kappa shape index (κ2) is 6.43. The molecule has 19 heavy (non-hydrogen) atoms. The highest BCUT2D eigenvalue weighted by atomic mass is 16.5. The van der Waals surface area contributed by atoms with Crippen LogP contribution in [0.25, 0.3) is 0 Å². The summed E-state index contributed by atoms with van der Waals surface area (Å²) in [5, 5.41) is 2.84. The predicted molar refractivity (Wildman–Crippen MR) is 77.5 cm³/mol. The molecule has 3 N–H and O–H groups in total. The number of urea groups is 1. The minimum absolute atomic E-state index is 0.195. The number of likely N-dealkylation sites (N-methyl/N-ethyl adjacent to an activating group) is 1. The van der Waals surface area contributed by atoms with Gasteiger partial charge in [0.2, 0.25) is 0 Å². The van der Waals surface area contributed by atoms with E-state index in [4.69, 9.17) is 10.5 Å². The molecule has 2 amide bonds. The molecule has 5 heteroatoms. The molecular formula is C14H23N3O2. The third-order valence-electron chi connectivity index (χ3n) is 3.66. The van der Waals surface area contributed by atoms with Crippen LogP contribution in [0.2, 0.25) is 0 Å². The zero-order chi connectivity index (χ0) is 14.5. The molecule has 0 saturated carbocycles. The van der Waals surface area contributed by atoms with Crippen LogP contribution in [-0.2, 0) is 0 Å².